The van der Waals surface area contributed by atoms with Crippen molar-refractivity contribution >= 4 is 11.8 Å². The van der Waals surface area contributed by atoms with Gasteiger partial charge in [0.15, 0.2) is 0 Å². The average molecular weight is 225 g/mol. The monoisotopic (exact) mass is 225 g/mol. The summed E-state index contributed by atoms with van der Waals surface area (Å²) in [6.07, 6.45) is 4.81. The molecule has 0 bridgehead atoms. The molecule has 0 aromatic rings. The van der Waals surface area contributed by atoms with Gasteiger partial charge >= 0.3 is 0 Å². The van der Waals surface area contributed by atoms with Crippen molar-refractivity contribution in [2.45, 2.75) is 50.1 Å². The third kappa shape index (κ3) is 2.72. The first-order chi connectivity index (χ1) is 7.57. The van der Waals surface area contributed by atoms with Gasteiger partial charge in [-0.1, -0.05) is 0 Å². The van der Waals surface area contributed by atoms with Crippen LogP contribution in [0.5, 0.6) is 0 Å². The molecule has 1 saturated carbocycles. The van der Waals surface area contributed by atoms with Gasteiger partial charge in [-0.2, -0.15) is 0 Å². The van der Waals surface area contributed by atoms with Gasteiger partial charge in [-0.05, 0) is 25.7 Å². The lowest BCUT2D eigenvalue weighted by molar-refractivity contribution is -0.123. The molecule has 2 fully saturated rings. The fourth-order valence-electron chi connectivity index (χ4n) is 2.26. The van der Waals surface area contributed by atoms with E-state index in [-0.39, 0.29) is 23.4 Å². The molecule has 5 nitrogen and oxygen atoms in total. The predicted molar refractivity (Wildman–Crippen MR) is 59.6 cm³/mol. The molecule has 16 heavy (non-hydrogen) atoms. The van der Waals surface area contributed by atoms with E-state index in [2.05, 4.69) is 10.6 Å². The molecule has 2 aliphatic rings. The standard InChI is InChI=1S/C11H19N3O2/c12-11(4-1-5-11)6-10(16)13-7-8-2-3-9(15)14-8/h8H,1-7,12H2,(H,13,16)(H,14,15). The van der Waals surface area contributed by atoms with Gasteiger partial charge in [0.25, 0.3) is 0 Å². The lowest BCUT2D eigenvalue weighted by Gasteiger charge is -2.37. The second-order valence-corrected chi connectivity index (χ2v) is 5.00. The summed E-state index contributed by atoms with van der Waals surface area (Å²) in [4.78, 5) is 22.5. The number of nitrogens with two attached hydrogens (primary N) is 1. The third-order valence-electron chi connectivity index (χ3n) is 3.49. The Labute approximate surface area is 95.1 Å². The number of carbonyl (C=O) groups excluding carboxylic acids is 2. The Morgan fingerprint density at radius 3 is 2.81 bits per heavy atom. The molecule has 0 spiro atoms. The number of carbonyl (C=O) groups is 2. The molecule has 1 unspecified atom stereocenters. The van der Waals surface area contributed by atoms with Crippen molar-refractivity contribution in [2.75, 3.05) is 6.54 Å². The molecule has 2 rings (SSSR count). The van der Waals surface area contributed by atoms with Crippen molar-refractivity contribution in [1.82, 2.24) is 10.6 Å². The van der Waals surface area contributed by atoms with Gasteiger partial charge in [-0.15, -0.1) is 0 Å². The van der Waals surface area contributed by atoms with Crippen LogP contribution >= 0.6 is 0 Å². The minimum atomic E-state index is -0.261. The van der Waals surface area contributed by atoms with Crippen molar-refractivity contribution in [3.05, 3.63) is 0 Å². The molecule has 1 heterocycles. The Morgan fingerprint density at radius 1 is 1.56 bits per heavy atom. The van der Waals surface area contributed by atoms with E-state index in [1.54, 1.807) is 0 Å². The quantitative estimate of drug-likeness (QED) is 0.611. The SMILES string of the molecule is NC1(CC(=O)NCC2CCC(=O)N2)CCC1. The molecule has 0 aromatic heterocycles. The van der Waals surface area contributed by atoms with E-state index in [0.717, 1.165) is 25.7 Å². The maximum absolute atomic E-state index is 11.6. The highest BCUT2D eigenvalue weighted by molar-refractivity contribution is 5.79. The number of hydrogen-bond acceptors (Lipinski definition) is 3. The highest BCUT2D eigenvalue weighted by Gasteiger charge is 2.34. The van der Waals surface area contributed by atoms with Gasteiger partial charge in [0.1, 0.15) is 0 Å². The van der Waals surface area contributed by atoms with Crippen molar-refractivity contribution in [3.8, 4) is 0 Å². The van der Waals surface area contributed by atoms with E-state index >= 15 is 0 Å². The van der Waals surface area contributed by atoms with Crippen LogP contribution in [0, 0.1) is 0 Å². The lowest BCUT2D eigenvalue weighted by Crippen LogP contribution is -2.50. The number of hydrogen-bond donors (Lipinski definition) is 3. The fraction of sp³-hybridized carbons (Fsp3) is 0.818. The first-order valence-corrected chi connectivity index (χ1v) is 5.92. The molecular formula is C11H19N3O2. The van der Waals surface area contributed by atoms with Gasteiger partial charge < -0.3 is 16.4 Å². The van der Waals surface area contributed by atoms with Crippen LogP contribution < -0.4 is 16.4 Å². The summed E-state index contributed by atoms with van der Waals surface area (Å²) < 4.78 is 0. The highest BCUT2D eigenvalue weighted by atomic mass is 16.2. The zero-order valence-electron chi connectivity index (χ0n) is 9.42. The summed E-state index contributed by atoms with van der Waals surface area (Å²) in [5.74, 6) is 0.0805. The summed E-state index contributed by atoms with van der Waals surface area (Å²) >= 11 is 0. The van der Waals surface area contributed by atoms with Crippen molar-refractivity contribution in [2.24, 2.45) is 5.73 Å². The molecular weight excluding hydrogens is 206 g/mol. The van der Waals surface area contributed by atoms with Crippen LogP contribution in [0.15, 0.2) is 0 Å². The van der Waals surface area contributed by atoms with Crippen LogP contribution in [-0.4, -0.2) is 29.9 Å². The average Bonchev–Trinajstić information content (AvgIpc) is 2.59. The van der Waals surface area contributed by atoms with Crippen molar-refractivity contribution in [3.63, 3.8) is 0 Å². The summed E-state index contributed by atoms with van der Waals surface area (Å²) in [6, 6.07) is 0.103. The second-order valence-electron chi connectivity index (χ2n) is 5.00. The summed E-state index contributed by atoms with van der Waals surface area (Å²) in [6.45, 7) is 0.528. The lowest BCUT2D eigenvalue weighted by atomic mass is 9.75. The molecule has 1 saturated heterocycles. The minimum absolute atomic E-state index is 0.00310. The van der Waals surface area contributed by atoms with Gasteiger partial charge in [0.05, 0.1) is 0 Å². The van der Waals surface area contributed by atoms with Gasteiger partial charge in [0.2, 0.25) is 11.8 Å². The smallest absolute Gasteiger partial charge is 0.221 e. The fourth-order valence-corrected chi connectivity index (χ4v) is 2.26. The number of nitrogens with one attached hydrogen (secondary N) is 2. The molecule has 0 aromatic carbocycles. The number of rotatable bonds is 4. The van der Waals surface area contributed by atoms with E-state index in [0.29, 0.717) is 19.4 Å². The summed E-state index contributed by atoms with van der Waals surface area (Å²) in [5, 5.41) is 5.65. The summed E-state index contributed by atoms with van der Waals surface area (Å²) in [5.41, 5.74) is 5.72. The van der Waals surface area contributed by atoms with E-state index < -0.39 is 0 Å². The summed E-state index contributed by atoms with van der Waals surface area (Å²) in [7, 11) is 0. The third-order valence-corrected chi connectivity index (χ3v) is 3.49. The van der Waals surface area contributed by atoms with Crippen molar-refractivity contribution < 1.29 is 9.59 Å². The normalized spacial score (nSPS) is 27.1. The first kappa shape index (κ1) is 11.4. The Hall–Kier alpha value is -1.10. The van der Waals surface area contributed by atoms with E-state index in [1.165, 1.54) is 0 Å². The maximum Gasteiger partial charge on any atom is 0.221 e. The minimum Gasteiger partial charge on any atom is -0.354 e. The van der Waals surface area contributed by atoms with Crippen LogP contribution in [0.4, 0.5) is 0 Å². The van der Waals surface area contributed by atoms with Gasteiger partial charge in [-0.3, -0.25) is 9.59 Å². The molecule has 1 atom stereocenters. The van der Waals surface area contributed by atoms with Gasteiger partial charge in [-0.25, -0.2) is 0 Å². The Morgan fingerprint density at radius 2 is 2.31 bits per heavy atom. The van der Waals surface area contributed by atoms with Crippen LogP contribution in [0.3, 0.4) is 0 Å². The zero-order valence-corrected chi connectivity index (χ0v) is 9.42. The maximum atomic E-state index is 11.6. The van der Waals surface area contributed by atoms with Gasteiger partial charge in [0, 0.05) is 31.0 Å². The highest BCUT2D eigenvalue weighted by Crippen LogP contribution is 2.31. The van der Waals surface area contributed by atoms with Crippen LogP contribution in [0.2, 0.25) is 0 Å². The molecule has 2 amide bonds. The number of amides is 2. The molecule has 1 aliphatic carbocycles. The molecule has 90 valence electrons. The second kappa shape index (κ2) is 4.41. The topological polar surface area (TPSA) is 84.2 Å². The largest absolute Gasteiger partial charge is 0.354 e. The van der Waals surface area contributed by atoms with E-state index in [9.17, 15) is 9.59 Å². The van der Waals surface area contributed by atoms with Crippen molar-refractivity contribution in [1.29, 1.82) is 0 Å². The molecule has 4 N–H and O–H groups in total. The predicted octanol–water partition coefficient (Wildman–Crippen LogP) is -0.347. The Balaban J connectivity index is 1.66. The Kier molecular flexibility index (Phi) is 3.14. The van der Waals surface area contributed by atoms with E-state index in [4.69, 9.17) is 5.73 Å². The van der Waals surface area contributed by atoms with Crippen LogP contribution in [-0.2, 0) is 9.59 Å². The van der Waals surface area contributed by atoms with Crippen LogP contribution in [0.25, 0.3) is 0 Å². The van der Waals surface area contributed by atoms with E-state index in [1.807, 2.05) is 0 Å². The molecule has 0 radical (unpaired) electrons. The Bertz CT molecular complexity index is 300. The van der Waals surface area contributed by atoms with Crippen LogP contribution in [0.1, 0.15) is 38.5 Å². The first-order valence-electron chi connectivity index (χ1n) is 5.92. The zero-order chi connectivity index (χ0) is 11.6. The molecule has 5 heteroatoms. The molecule has 1 aliphatic heterocycles.